The van der Waals surface area contributed by atoms with E-state index in [9.17, 15) is 9.59 Å². The topological polar surface area (TPSA) is 56.5 Å². The van der Waals surface area contributed by atoms with Gasteiger partial charge in [0.2, 0.25) is 5.75 Å². The molecule has 0 spiro atoms. The lowest BCUT2D eigenvalue weighted by Crippen LogP contribution is -2.04. The summed E-state index contributed by atoms with van der Waals surface area (Å²) in [6.07, 6.45) is 0. The summed E-state index contributed by atoms with van der Waals surface area (Å²) in [5.74, 6) is 0.0329. The molecule has 0 bridgehead atoms. The molecule has 0 radical (unpaired) electrons. The summed E-state index contributed by atoms with van der Waals surface area (Å²) in [5.41, 5.74) is 1.97. The Morgan fingerprint density at radius 1 is 1.00 bits per heavy atom. The Balaban J connectivity index is 2.06. The Morgan fingerprint density at radius 3 is 2.36 bits per heavy atom. The maximum absolute atomic E-state index is 12.5. The van der Waals surface area contributed by atoms with Crippen molar-refractivity contribution in [3.63, 3.8) is 0 Å². The van der Waals surface area contributed by atoms with Crippen LogP contribution in [0.25, 0.3) is 11.0 Å². The molecule has 0 N–H and O–H groups in total. The molecule has 22 heavy (non-hydrogen) atoms. The van der Waals surface area contributed by atoms with Gasteiger partial charge in [0.1, 0.15) is 5.58 Å². The molecule has 0 atom stereocenters. The number of fused-ring (bicyclic) bond motifs is 1. The highest BCUT2D eigenvalue weighted by Gasteiger charge is 2.12. The monoisotopic (exact) mass is 294 g/mol. The van der Waals surface area contributed by atoms with Crippen LogP contribution in [0.15, 0.2) is 57.7 Å². The second-order valence-electron chi connectivity index (χ2n) is 5.05. The highest BCUT2D eigenvalue weighted by atomic mass is 16.5. The first-order chi connectivity index (χ1) is 10.6. The van der Waals surface area contributed by atoms with Crippen molar-refractivity contribution in [3.8, 4) is 5.75 Å². The van der Waals surface area contributed by atoms with Crippen LogP contribution in [-0.2, 0) is 0 Å². The maximum Gasteiger partial charge on any atom is 0.379 e. The minimum absolute atomic E-state index is 0.111. The fourth-order valence-electron chi connectivity index (χ4n) is 2.25. The number of hydrogen-bond donors (Lipinski definition) is 0. The molecular formula is C18H14O4. The van der Waals surface area contributed by atoms with Crippen molar-refractivity contribution >= 4 is 16.8 Å². The third-order valence-corrected chi connectivity index (χ3v) is 3.50. The van der Waals surface area contributed by atoms with Crippen LogP contribution in [0, 0.1) is 6.92 Å². The molecule has 0 aliphatic carbocycles. The van der Waals surface area contributed by atoms with Gasteiger partial charge >= 0.3 is 5.63 Å². The van der Waals surface area contributed by atoms with Crippen molar-refractivity contribution in [1.82, 2.24) is 0 Å². The number of ketones is 1. The van der Waals surface area contributed by atoms with Gasteiger partial charge in [-0.2, -0.15) is 0 Å². The quantitative estimate of drug-likeness (QED) is 0.549. The van der Waals surface area contributed by atoms with Gasteiger partial charge in [0.25, 0.3) is 0 Å². The van der Waals surface area contributed by atoms with Gasteiger partial charge in [-0.15, -0.1) is 0 Å². The van der Waals surface area contributed by atoms with Crippen molar-refractivity contribution < 1.29 is 13.9 Å². The van der Waals surface area contributed by atoms with Gasteiger partial charge < -0.3 is 9.15 Å². The van der Waals surface area contributed by atoms with Crippen LogP contribution in [0.5, 0.6) is 5.75 Å². The van der Waals surface area contributed by atoms with Crippen LogP contribution in [0.4, 0.5) is 0 Å². The van der Waals surface area contributed by atoms with Crippen LogP contribution in [-0.4, -0.2) is 12.9 Å². The van der Waals surface area contributed by atoms with Crippen LogP contribution in [0.3, 0.4) is 0 Å². The second kappa shape index (κ2) is 5.48. The molecule has 0 unspecified atom stereocenters. The number of benzene rings is 2. The number of aryl methyl sites for hydroxylation is 1. The minimum atomic E-state index is -0.560. The van der Waals surface area contributed by atoms with Crippen molar-refractivity contribution in [2.45, 2.75) is 6.92 Å². The molecule has 0 aliphatic heterocycles. The molecule has 4 heteroatoms. The largest absolute Gasteiger partial charge is 0.490 e. The van der Waals surface area contributed by atoms with E-state index in [0.717, 1.165) is 5.56 Å². The molecule has 3 rings (SSSR count). The van der Waals surface area contributed by atoms with E-state index >= 15 is 0 Å². The predicted octanol–water partition coefficient (Wildman–Crippen LogP) is 3.34. The van der Waals surface area contributed by atoms with Crippen molar-refractivity contribution in [1.29, 1.82) is 0 Å². The molecular weight excluding hydrogens is 280 g/mol. The molecule has 0 aliphatic rings. The van der Waals surface area contributed by atoms with Crippen LogP contribution in [0.1, 0.15) is 21.5 Å². The first-order valence-electron chi connectivity index (χ1n) is 6.82. The normalized spacial score (nSPS) is 10.6. The third kappa shape index (κ3) is 2.51. The van der Waals surface area contributed by atoms with Crippen molar-refractivity contribution in [3.05, 3.63) is 75.6 Å². The maximum atomic E-state index is 12.5. The van der Waals surface area contributed by atoms with Gasteiger partial charge in [0.15, 0.2) is 5.78 Å². The predicted molar refractivity (Wildman–Crippen MR) is 83.6 cm³/mol. The van der Waals surface area contributed by atoms with E-state index in [2.05, 4.69) is 0 Å². The summed E-state index contributed by atoms with van der Waals surface area (Å²) in [4.78, 5) is 24.1. The highest BCUT2D eigenvalue weighted by Crippen LogP contribution is 2.20. The minimum Gasteiger partial charge on any atom is -0.490 e. The fraction of sp³-hybridized carbons (Fsp3) is 0.111. The molecule has 0 fully saturated rings. The summed E-state index contributed by atoms with van der Waals surface area (Å²) in [5, 5.41) is 0.705. The standard InChI is InChI=1S/C18H14O4/c1-11-3-5-12(6-4-11)17(19)14-8-7-13-9-16(21-2)18(20)22-15(13)10-14/h3-10H,1-2H3. The molecule has 3 aromatic rings. The molecule has 0 amide bonds. The van der Waals surface area contributed by atoms with E-state index < -0.39 is 5.63 Å². The first kappa shape index (κ1) is 14.1. The van der Waals surface area contributed by atoms with Crippen molar-refractivity contribution in [2.75, 3.05) is 7.11 Å². The summed E-state index contributed by atoms with van der Waals surface area (Å²) in [7, 11) is 1.41. The Bertz CT molecular complexity index is 905. The smallest absolute Gasteiger partial charge is 0.379 e. The lowest BCUT2D eigenvalue weighted by Gasteiger charge is -2.04. The van der Waals surface area contributed by atoms with E-state index in [4.69, 9.17) is 9.15 Å². The summed E-state index contributed by atoms with van der Waals surface area (Å²) in [6.45, 7) is 1.96. The number of hydrogen-bond acceptors (Lipinski definition) is 4. The Labute approximate surface area is 127 Å². The zero-order chi connectivity index (χ0) is 15.7. The summed E-state index contributed by atoms with van der Waals surface area (Å²) in [6, 6.07) is 14.0. The van der Waals surface area contributed by atoms with Gasteiger partial charge in [-0.1, -0.05) is 42.0 Å². The van der Waals surface area contributed by atoms with E-state index in [-0.39, 0.29) is 11.5 Å². The average Bonchev–Trinajstić information content (AvgIpc) is 2.53. The van der Waals surface area contributed by atoms with Crippen LogP contribution >= 0.6 is 0 Å². The number of carbonyl (C=O) groups is 1. The summed E-state index contributed by atoms with van der Waals surface area (Å²) < 4.78 is 10.1. The summed E-state index contributed by atoms with van der Waals surface area (Å²) >= 11 is 0. The molecule has 1 aromatic heterocycles. The van der Waals surface area contributed by atoms with E-state index in [1.807, 2.05) is 19.1 Å². The Hall–Kier alpha value is -2.88. The zero-order valence-corrected chi connectivity index (χ0v) is 12.3. The van der Waals surface area contributed by atoms with E-state index in [1.165, 1.54) is 7.11 Å². The fourth-order valence-corrected chi connectivity index (χ4v) is 2.25. The number of methoxy groups -OCH3 is 1. The van der Waals surface area contributed by atoms with Crippen LogP contribution in [0.2, 0.25) is 0 Å². The highest BCUT2D eigenvalue weighted by molar-refractivity contribution is 6.10. The van der Waals surface area contributed by atoms with E-state index in [1.54, 1.807) is 36.4 Å². The van der Waals surface area contributed by atoms with Crippen LogP contribution < -0.4 is 10.4 Å². The first-order valence-corrected chi connectivity index (χ1v) is 6.82. The Kier molecular flexibility index (Phi) is 3.51. The lowest BCUT2D eigenvalue weighted by molar-refractivity contribution is 0.103. The van der Waals surface area contributed by atoms with Gasteiger partial charge in [0, 0.05) is 16.5 Å². The SMILES string of the molecule is COc1cc2ccc(C(=O)c3ccc(C)cc3)cc2oc1=O. The molecule has 1 heterocycles. The number of carbonyl (C=O) groups excluding carboxylic acids is 1. The molecule has 110 valence electrons. The molecule has 2 aromatic carbocycles. The van der Waals surface area contributed by atoms with Gasteiger partial charge in [-0.25, -0.2) is 4.79 Å². The van der Waals surface area contributed by atoms with Gasteiger partial charge in [-0.05, 0) is 19.1 Å². The second-order valence-corrected chi connectivity index (χ2v) is 5.05. The zero-order valence-electron chi connectivity index (χ0n) is 12.3. The third-order valence-electron chi connectivity index (χ3n) is 3.50. The lowest BCUT2D eigenvalue weighted by atomic mass is 10.0. The molecule has 0 saturated heterocycles. The van der Waals surface area contributed by atoms with Gasteiger partial charge in [0.05, 0.1) is 7.11 Å². The molecule has 0 saturated carbocycles. The Morgan fingerprint density at radius 2 is 1.68 bits per heavy atom. The number of rotatable bonds is 3. The van der Waals surface area contributed by atoms with E-state index in [0.29, 0.717) is 22.1 Å². The number of ether oxygens (including phenoxy) is 1. The van der Waals surface area contributed by atoms with Crippen molar-refractivity contribution in [2.24, 2.45) is 0 Å². The van der Waals surface area contributed by atoms with Gasteiger partial charge in [-0.3, -0.25) is 4.79 Å². The molecule has 4 nitrogen and oxygen atoms in total. The average molecular weight is 294 g/mol.